The van der Waals surface area contributed by atoms with Crippen molar-refractivity contribution in [2.75, 3.05) is 11.1 Å². The highest BCUT2D eigenvalue weighted by Crippen LogP contribution is 2.44. The summed E-state index contributed by atoms with van der Waals surface area (Å²) in [6.07, 6.45) is 5.20. The number of hydrogen-bond acceptors (Lipinski definition) is 2. The molecule has 0 atom stereocenters. The third-order valence-electron chi connectivity index (χ3n) is 4.43. The first-order valence-corrected chi connectivity index (χ1v) is 8.09. The molecule has 3 nitrogen and oxygen atoms in total. The molecule has 116 valence electrons. The Morgan fingerprint density at radius 3 is 2.57 bits per heavy atom. The molecule has 1 aliphatic rings. The van der Waals surface area contributed by atoms with Crippen LogP contribution in [-0.2, 0) is 4.79 Å². The van der Waals surface area contributed by atoms with Crippen LogP contribution in [0, 0.1) is 18.3 Å². The number of carbonyl (C=O) groups is 1. The van der Waals surface area contributed by atoms with Gasteiger partial charge < -0.3 is 11.1 Å². The molecule has 0 unspecified atom stereocenters. The molecule has 1 aliphatic carbocycles. The molecule has 21 heavy (non-hydrogen) atoms. The van der Waals surface area contributed by atoms with E-state index in [-0.39, 0.29) is 11.3 Å². The molecular formula is C17H25ClN2O. The second-order valence-electron chi connectivity index (χ2n) is 6.73. The van der Waals surface area contributed by atoms with E-state index in [1.807, 2.05) is 13.0 Å². The van der Waals surface area contributed by atoms with Gasteiger partial charge in [-0.1, -0.05) is 38.3 Å². The van der Waals surface area contributed by atoms with Gasteiger partial charge in [-0.15, -0.1) is 0 Å². The van der Waals surface area contributed by atoms with Crippen LogP contribution in [0.3, 0.4) is 0 Å². The second-order valence-corrected chi connectivity index (χ2v) is 7.14. The summed E-state index contributed by atoms with van der Waals surface area (Å²) in [5, 5.41) is 3.57. The van der Waals surface area contributed by atoms with Crippen molar-refractivity contribution in [3.63, 3.8) is 0 Å². The first kappa shape index (κ1) is 16.2. The smallest absolute Gasteiger partial charge is 0.230 e. The van der Waals surface area contributed by atoms with Crippen LogP contribution in [0.15, 0.2) is 12.1 Å². The number of rotatable bonds is 4. The van der Waals surface area contributed by atoms with Crippen LogP contribution in [0.25, 0.3) is 0 Å². The van der Waals surface area contributed by atoms with Crippen molar-refractivity contribution in [3.05, 3.63) is 22.7 Å². The number of nitrogens with one attached hydrogen (secondary N) is 1. The summed E-state index contributed by atoms with van der Waals surface area (Å²) >= 11 is 6.07. The normalized spacial score (nSPS) is 17.2. The summed E-state index contributed by atoms with van der Waals surface area (Å²) < 4.78 is 0. The van der Waals surface area contributed by atoms with Crippen LogP contribution in [0.1, 0.15) is 51.5 Å². The fourth-order valence-electron chi connectivity index (χ4n) is 3.45. The van der Waals surface area contributed by atoms with Gasteiger partial charge in [0.1, 0.15) is 0 Å². The summed E-state index contributed by atoms with van der Waals surface area (Å²) in [5.74, 6) is 0.655. The van der Waals surface area contributed by atoms with Crippen LogP contribution in [-0.4, -0.2) is 5.91 Å². The minimum absolute atomic E-state index is 0.137. The van der Waals surface area contributed by atoms with Gasteiger partial charge in [-0.3, -0.25) is 4.79 Å². The molecule has 1 saturated carbocycles. The van der Waals surface area contributed by atoms with Crippen molar-refractivity contribution in [2.45, 2.75) is 52.9 Å². The minimum Gasteiger partial charge on any atom is -0.398 e. The highest BCUT2D eigenvalue weighted by Gasteiger charge is 2.41. The molecule has 0 saturated heterocycles. The number of anilines is 2. The average Bonchev–Trinajstić information content (AvgIpc) is 2.84. The van der Waals surface area contributed by atoms with Crippen molar-refractivity contribution >= 4 is 28.9 Å². The van der Waals surface area contributed by atoms with E-state index >= 15 is 0 Å². The molecule has 4 heteroatoms. The van der Waals surface area contributed by atoms with Gasteiger partial charge >= 0.3 is 0 Å². The summed E-state index contributed by atoms with van der Waals surface area (Å²) in [5.41, 5.74) is 7.84. The zero-order chi connectivity index (χ0) is 15.6. The second kappa shape index (κ2) is 6.27. The van der Waals surface area contributed by atoms with E-state index in [0.717, 1.165) is 43.4 Å². The number of carbonyl (C=O) groups excluding carboxylic acids is 1. The minimum atomic E-state index is -0.214. The topological polar surface area (TPSA) is 55.1 Å². The van der Waals surface area contributed by atoms with Crippen LogP contribution in [0.4, 0.5) is 11.4 Å². The standard InChI is InChI=1S/C17H25ClN2O/c1-11(2)10-17(6-4-5-7-17)16(21)20-15-9-13(18)14(19)8-12(15)3/h8-9,11H,4-7,10,19H2,1-3H3,(H,20,21). The highest BCUT2D eigenvalue weighted by atomic mass is 35.5. The lowest BCUT2D eigenvalue weighted by Crippen LogP contribution is -2.35. The molecule has 0 aromatic heterocycles. The average molecular weight is 309 g/mol. The lowest BCUT2D eigenvalue weighted by Gasteiger charge is -2.30. The van der Waals surface area contributed by atoms with Crippen LogP contribution >= 0.6 is 11.6 Å². The number of aryl methyl sites for hydroxylation is 1. The molecular weight excluding hydrogens is 284 g/mol. The van der Waals surface area contributed by atoms with E-state index < -0.39 is 0 Å². The summed E-state index contributed by atoms with van der Waals surface area (Å²) in [6.45, 7) is 6.30. The van der Waals surface area contributed by atoms with Gasteiger partial charge in [-0.2, -0.15) is 0 Å². The van der Waals surface area contributed by atoms with E-state index in [0.29, 0.717) is 16.6 Å². The van der Waals surface area contributed by atoms with Crippen LogP contribution in [0.2, 0.25) is 5.02 Å². The Hall–Kier alpha value is -1.22. The van der Waals surface area contributed by atoms with Crippen LogP contribution < -0.4 is 11.1 Å². The molecule has 1 aromatic rings. The predicted molar refractivity (Wildman–Crippen MR) is 89.6 cm³/mol. The Morgan fingerprint density at radius 2 is 2.00 bits per heavy atom. The molecule has 3 N–H and O–H groups in total. The van der Waals surface area contributed by atoms with E-state index in [9.17, 15) is 4.79 Å². The number of nitrogens with two attached hydrogens (primary N) is 1. The van der Waals surface area contributed by atoms with Crippen molar-refractivity contribution in [3.8, 4) is 0 Å². The van der Waals surface area contributed by atoms with Crippen LogP contribution in [0.5, 0.6) is 0 Å². The summed E-state index contributed by atoms with van der Waals surface area (Å²) in [4.78, 5) is 12.8. The van der Waals surface area contributed by atoms with Crippen molar-refractivity contribution in [1.29, 1.82) is 0 Å². The third-order valence-corrected chi connectivity index (χ3v) is 4.76. The lowest BCUT2D eigenvalue weighted by molar-refractivity contribution is -0.126. The molecule has 1 aromatic carbocycles. The highest BCUT2D eigenvalue weighted by molar-refractivity contribution is 6.33. The molecule has 2 rings (SSSR count). The number of halogens is 1. The van der Waals surface area contributed by atoms with E-state index in [1.54, 1.807) is 6.07 Å². The zero-order valence-electron chi connectivity index (χ0n) is 13.1. The van der Waals surface area contributed by atoms with E-state index in [1.165, 1.54) is 0 Å². The predicted octanol–water partition coefficient (Wildman–Crippen LogP) is 4.78. The molecule has 0 radical (unpaired) electrons. The Balaban J connectivity index is 2.21. The Kier molecular flexibility index (Phi) is 4.82. The van der Waals surface area contributed by atoms with Crippen molar-refractivity contribution in [1.82, 2.24) is 0 Å². The summed E-state index contributed by atoms with van der Waals surface area (Å²) in [6, 6.07) is 3.56. The van der Waals surface area contributed by atoms with Gasteiger partial charge in [0.15, 0.2) is 0 Å². The van der Waals surface area contributed by atoms with E-state index in [4.69, 9.17) is 17.3 Å². The van der Waals surface area contributed by atoms with Crippen molar-refractivity contribution < 1.29 is 4.79 Å². The van der Waals surface area contributed by atoms with Gasteiger partial charge in [0.05, 0.1) is 10.7 Å². The molecule has 0 aliphatic heterocycles. The Morgan fingerprint density at radius 1 is 1.38 bits per heavy atom. The first-order valence-electron chi connectivity index (χ1n) is 7.71. The number of benzene rings is 1. The maximum atomic E-state index is 12.8. The molecule has 0 heterocycles. The lowest BCUT2D eigenvalue weighted by atomic mass is 9.77. The number of nitrogen functional groups attached to an aromatic ring is 1. The Labute approximate surface area is 132 Å². The van der Waals surface area contributed by atoms with Gasteiger partial charge in [0.25, 0.3) is 0 Å². The van der Waals surface area contributed by atoms with E-state index in [2.05, 4.69) is 19.2 Å². The molecule has 1 amide bonds. The van der Waals surface area contributed by atoms with Gasteiger partial charge in [-0.05, 0) is 49.8 Å². The Bertz CT molecular complexity index is 534. The van der Waals surface area contributed by atoms with Crippen molar-refractivity contribution in [2.24, 2.45) is 11.3 Å². The molecule has 1 fully saturated rings. The van der Waals surface area contributed by atoms with Gasteiger partial charge in [-0.25, -0.2) is 0 Å². The quantitative estimate of drug-likeness (QED) is 0.787. The fraction of sp³-hybridized carbons (Fsp3) is 0.588. The number of hydrogen-bond donors (Lipinski definition) is 2. The monoisotopic (exact) mass is 308 g/mol. The fourth-order valence-corrected chi connectivity index (χ4v) is 3.61. The number of amides is 1. The largest absolute Gasteiger partial charge is 0.398 e. The third kappa shape index (κ3) is 3.52. The maximum absolute atomic E-state index is 12.8. The summed E-state index contributed by atoms with van der Waals surface area (Å²) in [7, 11) is 0. The molecule has 0 spiro atoms. The molecule has 0 bridgehead atoms. The first-order chi connectivity index (χ1) is 9.84. The van der Waals surface area contributed by atoms with Gasteiger partial charge in [0.2, 0.25) is 5.91 Å². The SMILES string of the molecule is Cc1cc(N)c(Cl)cc1NC(=O)C1(CC(C)C)CCCC1. The van der Waals surface area contributed by atoms with Gasteiger partial charge in [0, 0.05) is 11.1 Å². The maximum Gasteiger partial charge on any atom is 0.230 e. The zero-order valence-corrected chi connectivity index (χ0v) is 13.9.